The standard InChI is InChI=1S/C19H28N2OS/c22-19(7-6-16-8-11-20-12-9-16)21-13-10-17(14-21)15-23-18-4-2-1-3-5-18/h1-5,16-17,20H,6-15H2. The summed E-state index contributed by atoms with van der Waals surface area (Å²) in [6, 6.07) is 10.6. The predicted octanol–water partition coefficient (Wildman–Crippen LogP) is 3.41. The molecule has 0 radical (unpaired) electrons. The molecule has 0 bridgehead atoms. The summed E-state index contributed by atoms with van der Waals surface area (Å²) in [7, 11) is 0. The van der Waals surface area contributed by atoms with Gasteiger partial charge in [0.1, 0.15) is 0 Å². The van der Waals surface area contributed by atoms with E-state index in [1.165, 1.54) is 24.2 Å². The molecule has 2 aliphatic heterocycles. The zero-order valence-corrected chi connectivity index (χ0v) is 14.7. The van der Waals surface area contributed by atoms with Gasteiger partial charge in [0.15, 0.2) is 0 Å². The summed E-state index contributed by atoms with van der Waals surface area (Å²) in [5, 5.41) is 3.39. The molecule has 2 fully saturated rings. The van der Waals surface area contributed by atoms with E-state index in [0.717, 1.165) is 50.7 Å². The van der Waals surface area contributed by atoms with Gasteiger partial charge in [0, 0.05) is 30.2 Å². The minimum atomic E-state index is 0.385. The fourth-order valence-corrected chi connectivity index (χ4v) is 4.63. The highest BCUT2D eigenvalue weighted by molar-refractivity contribution is 7.99. The van der Waals surface area contributed by atoms with E-state index in [1.807, 2.05) is 11.8 Å². The van der Waals surface area contributed by atoms with E-state index in [9.17, 15) is 4.79 Å². The first-order valence-electron chi connectivity index (χ1n) is 8.97. The Labute approximate surface area is 144 Å². The van der Waals surface area contributed by atoms with Crippen molar-refractivity contribution in [3.63, 3.8) is 0 Å². The molecule has 4 heteroatoms. The molecular formula is C19H28N2OS. The third kappa shape index (κ3) is 5.25. The molecule has 0 aromatic heterocycles. The van der Waals surface area contributed by atoms with E-state index in [0.29, 0.717) is 11.8 Å². The van der Waals surface area contributed by atoms with Crippen molar-refractivity contribution in [3.8, 4) is 0 Å². The van der Waals surface area contributed by atoms with Crippen molar-refractivity contribution in [2.75, 3.05) is 31.9 Å². The maximum Gasteiger partial charge on any atom is 0.222 e. The lowest BCUT2D eigenvalue weighted by atomic mass is 9.93. The van der Waals surface area contributed by atoms with Crippen molar-refractivity contribution in [2.45, 2.75) is 37.0 Å². The molecular weight excluding hydrogens is 304 g/mol. The monoisotopic (exact) mass is 332 g/mol. The number of likely N-dealkylation sites (tertiary alicyclic amines) is 1. The Balaban J connectivity index is 1.36. The van der Waals surface area contributed by atoms with Gasteiger partial charge in [0.05, 0.1) is 0 Å². The summed E-state index contributed by atoms with van der Waals surface area (Å²) >= 11 is 1.92. The molecule has 1 unspecified atom stereocenters. The molecule has 1 aromatic carbocycles. The second kappa shape index (κ2) is 8.74. The third-order valence-electron chi connectivity index (χ3n) is 5.09. The molecule has 0 spiro atoms. The van der Waals surface area contributed by atoms with Crippen LogP contribution in [0, 0.1) is 11.8 Å². The first kappa shape index (κ1) is 16.8. The van der Waals surface area contributed by atoms with Crippen LogP contribution in [0.15, 0.2) is 35.2 Å². The molecule has 0 aliphatic carbocycles. The van der Waals surface area contributed by atoms with Crippen molar-refractivity contribution >= 4 is 17.7 Å². The fourth-order valence-electron chi connectivity index (χ4n) is 3.58. The van der Waals surface area contributed by atoms with Crippen LogP contribution in [0.3, 0.4) is 0 Å². The Bertz CT molecular complexity index is 487. The van der Waals surface area contributed by atoms with Crippen LogP contribution in [0.5, 0.6) is 0 Å². The number of rotatable bonds is 6. The highest BCUT2D eigenvalue weighted by Crippen LogP contribution is 2.27. The number of nitrogens with zero attached hydrogens (tertiary/aromatic N) is 1. The first-order chi connectivity index (χ1) is 11.3. The van der Waals surface area contributed by atoms with Gasteiger partial charge in [-0.1, -0.05) is 18.2 Å². The second-order valence-corrected chi connectivity index (χ2v) is 7.94. The molecule has 1 aromatic rings. The maximum atomic E-state index is 12.4. The van der Waals surface area contributed by atoms with Gasteiger partial charge >= 0.3 is 0 Å². The van der Waals surface area contributed by atoms with Gasteiger partial charge in [0.2, 0.25) is 5.91 Å². The number of piperidine rings is 1. The minimum absolute atomic E-state index is 0.385. The van der Waals surface area contributed by atoms with E-state index >= 15 is 0 Å². The lowest BCUT2D eigenvalue weighted by Gasteiger charge is -2.23. The smallest absolute Gasteiger partial charge is 0.222 e. The van der Waals surface area contributed by atoms with Crippen LogP contribution in [0.4, 0.5) is 0 Å². The molecule has 2 saturated heterocycles. The van der Waals surface area contributed by atoms with Gasteiger partial charge in [-0.05, 0) is 62.7 Å². The molecule has 126 valence electrons. The van der Waals surface area contributed by atoms with Crippen molar-refractivity contribution in [2.24, 2.45) is 11.8 Å². The molecule has 1 atom stereocenters. The number of hydrogen-bond donors (Lipinski definition) is 1. The van der Waals surface area contributed by atoms with E-state index < -0.39 is 0 Å². The Morgan fingerprint density at radius 2 is 1.91 bits per heavy atom. The number of carbonyl (C=O) groups excluding carboxylic acids is 1. The first-order valence-corrected chi connectivity index (χ1v) is 9.96. The number of amides is 1. The molecule has 23 heavy (non-hydrogen) atoms. The number of benzene rings is 1. The topological polar surface area (TPSA) is 32.3 Å². The van der Waals surface area contributed by atoms with Crippen LogP contribution >= 0.6 is 11.8 Å². The van der Waals surface area contributed by atoms with Crippen LogP contribution in [-0.4, -0.2) is 42.7 Å². The van der Waals surface area contributed by atoms with Crippen LogP contribution in [-0.2, 0) is 4.79 Å². The Kier molecular flexibility index (Phi) is 6.40. The zero-order chi connectivity index (χ0) is 15.9. The molecule has 0 saturated carbocycles. The fraction of sp³-hybridized carbons (Fsp3) is 0.632. The summed E-state index contributed by atoms with van der Waals surface area (Å²) < 4.78 is 0. The van der Waals surface area contributed by atoms with Crippen LogP contribution in [0.25, 0.3) is 0 Å². The van der Waals surface area contributed by atoms with Crippen molar-refractivity contribution in [3.05, 3.63) is 30.3 Å². The maximum absolute atomic E-state index is 12.4. The average Bonchev–Trinajstić information content (AvgIpc) is 3.09. The van der Waals surface area contributed by atoms with E-state index in [1.54, 1.807) is 0 Å². The van der Waals surface area contributed by atoms with Gasteiger partial charge in [-0.15, -0.1) is 11.8 Å². The van der Waals surface area contributed by atoms with Crippen LogP contribution in [0.2, 0.25) is 0 Å². The normalized spacial score (nSPS) is 22.4. The minimum Gasteiger partial charge on any atom is -0.342 e. The summed E-state index contributed by atoms with van der Waals surface area (Å²) in [6.07, 6.45) is 5.48. The molecule has 1 amide bonds. The average molecular weight is 333 g/mol. The lowest BCUT2D eigenvalue weighted by Crippen LogP contribution is -2.31. The summed E-state index contributed by atoms with van der Waals surface area (Å²) in [4.78, 5) is 15.9. The number of carbonyl (C=O) groups is 1. The molecule has 3 rings (SSSR count). The summed E-state index contributed by atoms with van der Waals surface area (Å²) in [6.45, 7) is 4.18. The summed E-state index contributed by atoms with van der Waals surface area (Å²) in [5.41, 5.74) is 0. The molecule has 3 nitrogen and oxygen atoms in total. The molecule has 2 aliphatic rings. The highest BCUT2D eigenvalue weighted by Gasteiger charge is 2.26. The SMILES string of the molecule is O=C(CCC1CCNCC1)N1CCC(CSc2ccccc2)C1. The lowest BCUT2D eigenvalue weighted by molar-refractivity contribution is -0.130. The van der Waals surface area contributed by atoms with Gasteiger partial charge in [-0.3, -0.25) is 4.79 Å². The third-order valence-corrected chi connectivity index (χ3v) is 6.34. The van der Waals surface area contributed by atoms with Crippen molar-refractivity contribution in [1.82, 2.24) is 10.2 Å². The summed E-state index contributed by atoms with van der Waals surface area (Å²) in [5.74, 6) is 2.92. The van der Waals surface area contributed by atoms with E-state index in [-0.39, 0.29) is 0 Å². The van der Waals surface area contributed by atoms with Gasteiger partial charge in [0.25, 0.3) is 0 Å². The number of nitrogens with one attached hydrogen (secondary N) is 1. The Morgan fingerprint density at radius 1 is 1.13 bits per heavy atom. The zero-order valence-electron chi connectivity index (χ0n) is 13.9. The van der Waals surface area contributed by atoms with E-state index in [4.69, 9.17) is 0 Å². The quantitative estimate of drug-likeness (QED) is 0.810. The van der Waals surface area contributed by atoms with Gasteiger partial charge in [-0.2, -0.15) is 0 Å². The number of thioether (sulfide) groups is 1. The van der Waals surface area contributed by atoms with E-state index in [2.05, 4.69) is 40.5 Å². The van der Waals surface area contributed by atoms with Crippen molar-refractivity contribution in [1.29, 1.82) is 0 Å². The number of hydrogen-bond acceptors (Lipinski definition) is 3. The highest BCUT2D eigenvalue weighted by atomic mass is 32.2. The van der Waals surface area contributed by atoms with Gasteiger partial charge < -0.3 is 10.2 Å². The molecule has 1 N–H and O–H groups in total. The van der Waals surface area contributed by atoms with Gasteiger partial charge in [-0.25, -0.2) is 0 Å². The largest absolute Gasteiger partial charge is 0.342 e. The van der Waals surface area contributed by atoms with Crippen LogP contribution in [0.1, 0.15) is 32.1 Å². The Morgan fingerprint density at radius 3 is 2.70 bits per heavy atom. The second-order valence-electron chi connectivity index (χ2n) is 6.85. The Hall–Kier alpha value is -1.00. The molecule has 2 heterocycles. The predicted molar refractivity (Wildman–Crippen MR) is 96.7 cm³/mol. The van der Waals surface area contributed by atoms with Crippen LogP contribution < -0.4 is 5.32 Å². The van der Waals surface area contributed by atoms with Crippen molar-refractivity contribution < 1.29 is 4.79 Å².